The highest BCUT2D eigenvalue weighted by atomic mass is 16.5. The van der Waals surface area contributed by atoms with Crippen LogP contribution in [0.3, 0.4) is 0 Å². The zero-order chi connectivity index (χ0) is 23.2. The van der Waals surface area contributed by atoms with E-state index in [-0.39, 0.29) is 17.6 Å². The molecule has 3 heterocycles. The van der Waals surface area contributed by atoms with Crippen LogP contribution in [0.5, 0.6) is 5.75 Å². The number of anilines is 2. The quantitative estimate of drug-likeness (QED) is 0.539. The Kier molecular flexibility index (Phi) is 6.87. The molecule has 1 aromatic carbocycles. The molecule has 9 heteroatoms. The maximum atomic E-state index is 13.1. The van der Waals surface area contributed by atoms with Crippen LogP contribution < -0.4 is 25.8 Å². The maximum Gasteiger partial charge on any atom is 0.319 e. The number of hydrogen-bond donors (Lipinski definition) is 2. The number of amides is 2. The van der Waals surface area contributed by atoms with Crippen LogP contribution in [0.1, 0.15) is 19.8 Å². The number of para-hydroxylation sites is 2. The van der Waals surface area contributed by atoms with Crippen molar-refractivity contribution in [1.82, 2.24) is 19.9 Å². The van der Waals surface area contributed by atoms with Gasteiger partial charge in [-0.15, -0.1) is 6.58 Å². The Balaban J connectivity index is 1.42. The molecular weight excluding hydrogens is 420 g/mol. The average molecular weight is 449 g/mol. The fourth-order valence-corrected chi connectivity index (χ4v) is 4.00. The fraction of sp³-hybridized carbons (Fsp3) is 0.333. The number of carbonyl (C=O) groups excluding carboxylic acids is 1. The number of ether oxygens (including phenoxy) is 1. The summed E-state index contributed by atoms with van der Waals surface area (Å²) in [4.78, 5) is 36.5. The van der Waals surface area contributed by atoms with Crippen LogP contribution in [0, 0.1) is 0 Å². The summed E-state index contributed by atoms with van der Waals surface area (Å²) >= 11 is 0. The summed E-state index contributed by atoms with van der Waals surface area (Å²) < 4.78 is 7.16. The predicted octanol–water partition coefficient (Wildman–Crippen LogP) is 3.17. The predicted molar refractivity (Wildman–Crippen MR) is 129 cm³/mol. The summed E-state index contributed by atoms with van der Waals surface area (Å²) in [5.74, 6) is 1.04. The minimum absolute atomic E-state index is 0.00182. The van der Waals surface area contributed by atoms with Gasteiger partial charge in [0.1, 0.15) is 11.3 Å². The molecule has 0 atom stereocenters. The van der Waals surface area contributed by atoms with Gasteiger partial charge in [-0.2, -0.15) is 0 Å². The number of rotatable bonds is 7. The molecule has 0 aliphatic carbocycles. The van der Waals surface area contributed by atoms with Crippen molar-refractivity contribution in [3.8, 4) is 5.75 Å². The largest absolute Gasteiger partial charge is 0.492 e. The number of hydrogen-bond acceptors (Lipinski definition) is 6. The highest BCUT2D eigenvalue weighted by Crippen LogP contribution is 2.24. The highest BCUT2D eigenvalue weighted by Gasteiger charge is 2.25. The van der Waals surface area contributed by atoms with E-state index in [1.807, 2.05) is 42.2 Å². The zero-order valence-corrected chi connectivity index (χ0v) is 18.7. The molecule has 33 heavy (non-hydrogen) atoms. The number of benzene rings is 1. The summed E-state index contributed by atoms with van der Waals surface area (Å²) in [6.45, 7) is 7.77. The summed E-state index contributed by atoms with van der Waals surface area (Å²) in [5, 5.41) is 5.89. The van der Waals surface area contributed by atoms with Crippen molar-refractivity contribution in [3.05, 3.63) is 65.6 Å². The van der Waals surface area contributed by atoms with Crippen molar-refractivity contribution in [3.63, 3.8) is 0 Å². The standard InChI is InChI=1S/C24H28N6O3/c1-3-14-30-21-19(9-7-13-25-21)27-22(23(30)31)29-15-11-17(12-16-29)26-24(32)28-18-8-5-6-10-20(18)33-4-2/h3,5-10,13,17H,1,4,11-12,14-16H2,2H3,(H2,26,28,32). The van der Waals surface area contributed by atoms with Gasteiger partial charge in [0.2, 0.25) is 0 Å². The van der Waals surface area contributed by atoms with Gasteiger partial charge >= 0.3 is 6.03 Å². The van der Waals surface area contributed by atoms with Crippen LogP contribution in [0.15, 0.2) is 60.0 Å². The topological polar surface area (TPSA) is 101 Å². The van der Waals surface area contributed by atoms with Crippen LogP contribution in [0.25, 0.3) is 11.2 Å². The van der Waals surface area contributed by atoms with E-state index in [0.717, 1.165) is 0 Å². The van der Waals surface area contributed by atoms with E-state index in [0.29, 0.717) is 67.5 Å². The molecule has 1 aliphatic heterocycles. The third-order valence-electron chi connectivity index (χ3n) is 5.56. The van der Waals surface area contributed by atoms with Gasteiger partial charge < -0.3 is 20.3 Å². The lowest BCUT2D eigenvalue weighted by Gasteiger charge is -2.33. The second-order valence-corrected chi connectivity index (χ2v) is 7.77. The molecule has 0 unspecified atom stereocenters. The molecule has 3 aromatic rings. The molecular formula is C24H28N6O3. The molecule has 2 N–H and O–H groups in total. The van der Waals surface area contributed by atoms with Gasteiger partial charge in [0.25, 0.3) is 5.56 Å². The lowest BCUT2D eigenvalue weighted by atomic mass is 10.1. The second kappa shape index (κ2) is 10.2. The van der Waals surface area contributed by atoms with Crippen molar-refractivity contribution in [2.24, 2.45) is 0 Å². The fourth-order valence-electron chi connectivity index (χ4n) is 4.00. The molecule has 0 spiro atoms. The molecule has 2 aromatic heterocycles. The molecule has 1 aliphatic rings. The van der Waals surface area contributed by atoms with Crippen LogP contribution in [0.2, 0.25) is 0 Å². The second-order valence-electron chi connectivity index (χ2n) is 7.77. The number of nitrogens with zero attached hydrogens (tertiary/aromatic N) is 4. The Bertz CT molecular complexity index is 1200. The minimum atomic E-state index is -0.274. The number of piperidine rings is 1. The lowest BCUT2D eigenvalue weighted by molar-refractivity contribution is 0.245. The minimum Gasteiger partial charge on any atom is -0.492 e. The molecule has 9 nitrogen and oxygen atoms in total. The number of pyridine rings is 1. The summed E-state index contributed by atoms with van der Waals surface area (Å²) in [6.07, 6.45) is 4.73. The third-order valence-corrected chi connectivity index (χ3v) is 5.56. The van der Waals surface area contributed by atoms with E-state index in [4.69, 9.17) is 4.74 Å². The lowest BCUT2D eigenvalue weighted by Crippen LogP contribution is -2.47. The Morgan fingerprint density at radius 3 is 2.79 bits per heavy atom. The first-order valence-corrected chi connectivity index (χ1v) is 11.1. The number of aromatic nitrogens is 3. The van der Waals surface area contributed by atoms with Gasteiger partial charge in [-0.05, 0) is 44.0 Å². The molecule has 4 rings (SSSR count). The molecule has 1 saturated heterocycles. The van der Waals surface area contributed by atoms with Gasteiger partial charge in [0.15, 0.2) is 11.5 Å². The number of nitrogens with one attached hydrogen (secondary N) is 2. The van der Waals surface area contributed by atoms with Gasteiger partial charge in [-0.3, -0.25) is 9.36 Å². The number of allylic oxidation sites excluding steroid dienone is 1. The molecule has 0 bridgehead atoms. The van der Waals surface area contributed by atoms with Crippen LogP contribution in [0.4, 0.5) is 16.3 Å². The van der Waals surface area contributed by atoms with Crippen LogP contribution in [-0.4, -0.2) is 46.3 Å². The first kappa shape index (κ1) is 22.3. The number of carbonyl (C=O) groups is 1. The van der Waals surface area contributed by atoms with Crippen molar-refractivity contribution < 1.29 is 9.53 Å². The first-order chi connectivity index (χ1) is 16.1. The van der Waals surface area contributed by atoms with E-state index in [1.54, 1.807) is 22.9 Å². The Labute approximate surface area is 192 Å². The molecule has 0 saturated carbocycles. The molecule has 172 valence electrons. The van der Waals surface area contributed by atoms with E-state index in [1.165, 1.54) is 0 Å². The van der Waals surface area contributed by atoms with Crippen LogP contribution in [-0.2, 0) is 6.54 Å². The van der Waals surface area contributed by atoms with Gasteiger partial charge in [-0.25, -0.2) is 14.8 Å². The van der Waals surface area contributed by atoms with E-state index in [9.17, 15) is 9.59 Å². The Morgan fingerprint density at radius 2 is 2.03 bits per heavy atom. The van der Waals surface area contributed by atoms with Gasteiger partial charge in [0.05, 0.1) is 12.3 Å². The smallest absolute Gasteiger partial charge is 0.319 e. The maximum absolute atomic E-state index is 13.1. The molecule has 0 radical (unpaired) electrons. The van der Waals surface area contributed by atoms with Crippen molar-refractivity contribution in [2.75, 3.05) is 29.9 Å². The summed E-state index contributed by atoms with van der Waals surface area (Å²) in [6, 6.07) is 10.7. The van der Waals surface area contributed by atoms with Gasteiger partial charge in [0, 0.05) is 31.9 Å². The summed E-state index contributed by atoms with van der Waals surface area (Å²) in [5.41, 5.74) is 1.66. The highest BCUT2D eigenvalue weighted by molar-refractivity contribution is 5.91. The van der Waals surface area contributed by atoms with Gasteiger partial charge in [-0.1, -0.05) is 18.2 Å². The Morgan fingerprint density at radius 1 is 1.24 bits per heavy atom. The zero-order valence-electron chi connectivity index (χ0n) is 18.7. The first-order valence-electron chi connectivity index (χ1n) is 11.1. The monoisotopic (exact) mass is 448 g/mol. The van der Waals surface area contributed by atoms with Crippen molar-refractivity contribution in [1.29, 1.82) is 0 Å². The van der Waals surface area contributed by atoms with Crippen molar-refractivity contribution >= 4 is 28.7 Å². The normalized spacial score (nSPS) is 14.2. The Hall–Kier alpha value is -3.88. The summed E-state index contributed by atoms with van der Waals surface area (Å²) in [7, 11) is 0. The van der Waals surface area contributed by atoms with E-state index < -0.39 is 0 Å². The van der Waals surface area contributed by atoms with Crippen molar-refractivity contribution in [2.45, 2.75) is 32.4 Å². The van der Waals surface area contributed by atoms with E-state index >= 15 is 0 Å². The number of fused-ring (bicyclic) bond motifs is 1. The molecule has 2 amide bonds. The van der Waals surface area contributed by atoms with Crippen LogP contribution >= 0.6 is 0 Å². The average Bonchev–Trinajstić information content (AvgIpc) is 2.83. The molecule has 1 fully saturated rings. The third kappa shape index (κ3) is 4.97. The number of urea groups is 1. The SMILES string of the molecule is C=CCn1c(=O)c(N2CCC(NC(=O)Nc3ccccc3OCC)CC2)nc2cccnc21. The van der Waals surface area contributed by atoms with E-state index in [2.05, 4.69) is 27.2 Å².